The summed E-state index contributed by atoms with van der Waals surface area (Å²) in [5.41, 5.74) is 0. The molecule has 7 unspecified atom stereocenters. The third-order valence-electron chi connectivity index (χ3n) is 18.3. The lowest BCUT2D eigenvalue weighted by atomic mass is 9.99. The fourth-order valence-corrected chi connectivity index (χ4v) is 13.1. The van der Waals surface area contributed by atoms with Gasteiger partial charge in [0.1, 0.15) is 24.4 Å². The Bertz CT molecular complexity index is 1550. The number of carbonyl (C=O) groups is 1. The van der Waals surface area contributed by atoms with Crippen molar-refractivity contribution in [2.24, 2.45) is 0 Å². The summed E-state index contributed by atoms with van der Waals surface area (Å²) in [4.78, 5) is 13.2. The van der Waals surface area contributed by atoms with Crippen molar-refractivity contribution < 1.29 is 51.8 Å². The van der Waals surface area contributed by atoms with Crippen LogP contribution in [0.5, 0.6) is 0 Å². The molecule has 1 aliphatic heterocycles. The molecule has 0 saturated carbocycles. The molecule has 0 aromatic heterocycles. The zero-order chi connectivity index (χ0) is 62.5. The predicted octanol–water partition coefficient (Wildman–Crippen LogP) is 20.1. The van der Waals surface area contributed by atoms with Crippen LogP contribution in [0.2, 0.25) is 0 Å². The summed E-state index contributed by atoms with van der Waals surface area (Å²) in [6, 6.07) is -0.857. The number of unbranched alkanes of at least 4 members (excludes halogenated alkanes) is 54. The van der Waals surface area contributed by atoms with E-state index < -0.39 is 59.9 Å². The van der Waals surface area contributed by atoms with E-state index in [2.05, 4.69) is 35.5 Å². The van der Waals surface area contributed by atoms with Gasteiger partial charge in [-0.3, -0.25) is 9.35 Å². The molecule has 7 atom stereocenters. The minimum atomic E-state index is -5.08. The first-order chi connectivity index (χ1) is 42.0. The summed E-state index contributed by atoms with van der Waals surface area (Å²) in [5, 5.41) is 45.3. The van der Waals surface area contributed by atoms with Crippen LogP contribution in [0.3, 0.4) is 0 Å². The Morgan fingerprint density at radius 3 is 1.05 bits per heavy atom. The van der Waals surface area contributed by atoms with Crippen LogP contribution in [0.25, 0.3) is 0 Å². The maximum absolute atomic E-state index is 13.2. The first-order valence-electron chi connectivity index (χ1n) is 37.6. The first-order valence-corrected chi connectivity index (χ1v) is 38.9. The van der Waals surface area contributed by atoms with E-state index in [-0.39, 0.29) is 12.5 Å². The molecule has 0 spiro atoms. The van der Waals surface area contributed by atoms with Crippen molar-refractivity contribution in [2.75, 3.05) is 13.2 Å². The third kappa shape index (κ3) is 53.5. The van der Waals surface area contributed by atoms with Gasteiger partial charge >= 0.3 is 10.4 Å². The highest BCUT2D eigenvalue weighted by Gasteiger charge is 2.48. The van der Waals surface area contributed by atoms with Gasteiger partial charge in [0.25, 0.3) is 0 Å². The number of hydrogen-bond donors (Lipinski definition) is 6. The Balaban J connectivity index is 2.14. The van der Waals surface area contributed by atoms with Crippen molar-refractivity contribution >= 4 is 16.3 Å². The second kappa shape index (κ2) is 62.6. The fraction of sp³-hybridized carbons (Fsp3) is 0.959. The van der Waals surface area contributed by atoms with Crippen molar-refractivity contribution in [1.82, 2.24) is 5.32 Å². The Morgan fingerprint density at radius 1 is 0.453 bits per heavy atom. The van der Waals surface area contributed by atoms with Gasteiger partial charge in [-0.2, -0.15) is 8.42 Å². The van der Waals surface area contributed by atoms with Crippen LogP contribution in [0.1, 0.15) is 393 Å². The zero-order valence-electron chi connectivity index (χ0n) is 56.4. The lowest BCUT2D eigenvalue weighted by Gasteiger charge is -2.41. The lowest BCUT2D eigenvalue weighted by Crippen LogP contribution is -2.61. The molecule has 1 amide bonds. The molecule has 13 heteroatoms. The third-order valence-corrected chi connectivity index (χ3v) is 18.8. The van der Waals surface area contributed by atoms with Crippen molar-refractivity contribution in [3.05, 3.63) is 12.2 Å². The molecule has 1 fully saturated rings. The van der Waals surface area contributed by atoms with Crippen LogP contribution in [0.15, 0.2) is 12.2 Å². The smallest absolute Gasteiger partial charge is 0.394 e. The molecule has 0 radical (unpaired) electrons. The van der Waals surface area contributed by atoms with Gasteiger partial charge in [-0.1, -0.05) is 360 Å². The van der Waals surface area contributed by atoms with Gasteiger partial charge in [0.2, 0.25) is 5.91 Å². The highest BCUT2D eigenvalue weighted by atomic mass is 32.3. The molecular formula is C73H143NO11S. The van der Waals surface area contributed by atoms with Crippen LogP contribution < -0.4 is 5.32 Å². The van der Waals surface area contributed by atoms with Crippen LogP contribution in [0, 0.1) is 0 Å². The van der Waals surface area contributed by atoms with E-state index in [1.807, 2.05) is 0 Å². The van der Waals surface area contributed by atoms with Gasteiger partial charge in [-0.05, 0) is 38.5 Å². The Labute approximate surface area is 531 Å². The highest BCUT2D eigenvalue weighted by molar-refractivity contribution is 7.80. The number of amides is 1. The van der Waals surface area contributed by atoms with E-state index in [1.165, 1.54) is 315 Å². The van der Waals surface area contributed by atoms with Crippen LogP contribution in [-0.4, -0.2) is 95.4 Å². The van der Waals surface area contributed by atoms with Crippen molar-refractivity contribution in [1.29, 1.82) is 0 Å². The number of carbonyl (C=O) groups excluding carboxylic acids is 1. The lowest BCUT2D eigenvalue weighted by molar-refractivity contribution is -0.298. The van der Waals surface area contributed by atoms with Gasteiger partial charge < -0.3 is 35.2 Å². The van der Waals surface area contributed by atoms with Crippen LogP contribution >= 0.6 is 0 Å². The molecule has 12 nitrogen and oxygen atoms in total. The monoisotopic (exact) mass is 1240 g/mol. The Morgan fingerprint density at radius 2 is 0.744 bits per heavy atom. The summed E-state index contributed by atoms with van der Waals surface area (Å²) in [6.07, 6.45) is 71.3. The molecule has 0 aromatic carbocycles. The minimum Gasteiger partial charge on any atom is -0.394 e. The number of nitrogens with one attached hydrogen (secondary N) is 1. The average molecular weight is 1240 g/mol. The summed E-state index contributed by atoms with van der Waals surface area (Å²) in [7, 11) is -5.08. The summed E-state index contributed by atoms with van der Waals surface area (Å²) in [6.45, 7) is 3.53. The molecular weight excluding hydrogens is 1100 g/mol. The minimum absolute atomic E-state index is 0.221. The number of aliphatic hydroxyl groups is 4. The maximum atomic E-state index is 13.2. The second-order valence-electron chi connectivity index (χ2n) is 26.6. The number of hydrogen-bond acceptors (Lipinski definition) is 10. The van der Waals surface area contributed by atoms with Gasteiger partial charge in [0.05, 0.1) is 25.4 Å². The van der Waals surface area contributed by atoms with Crippen molar-refractivity contribution in [3.63, 3.8) is 0 Å². The maximum Gasteiger partial charge on any atom is 0.397 e. The van der Waals surface area contributed by atoms with Crippen molar-refractivity contribution in [2.45, 2.75) is 436 Å². The van der Waals surface area contributed by atoms with Gasteiger partial charge in [0, 0.05) is 6.42 Å². The topological polar surface area (TPSA) is 192 Å². The van der Waals surface area contributed by atoms with E-state index in [4.69, 9.17) is 9.47 Å². The fourth-order valence-electron chi connectivity index (χ4n) is 12.6. The molecule has 512 valence electrons. The molecule has 6 N–H and O–H groups in total. The summed E-state index contributed by atoms with van der Waals surface area (Å²) < 4.78 is 48.1. The molecule has 0 bridgehead atoms. The molecule has 1 saturated heterocycles. The number of aliphatic hydroxyl groups excluding tert-OH is 4. The Kier molecular flexibility index (Phi) is 60.3. The van der Waals surface area contributed by atoms with E-state index in [9.17, 15) is 38.2 Å². The number of allylic oxidation sites excluding steroid dienone is 2. The summed E-state index contributed by atoms with van der Waals surface area (Å²) in [5.74, 6) is -0.221. The van der Waals surface area contributed by atoms with Gasteiger partial charge in [-0.25, -0.2) is 4.18 Å². The standard InChI is InChI=1S/C73H143NO11S/c1-3-5-7-9-11-13-15-17-19-21-23-25-26-27-28-29-30-31-32-33-34-35-36-37-38-39-40-41-42-43-45-47-49-51-53-55-57-59-61-63-69(77)74-66(65-83-73-71(79)72(85-86(80,81)82)70(78)68(64-75)84-73)67(76)62-60-58-56-54-52-50-48-46-44-24-22-20-18-16-14-12-10-8-6-4-2/h33-34,66-68,70-73,75-76,78-79H,3-32,35-65H2,1-2H3,(H,74,77)(H,80,81,82)/b34-33-. The number of rotatable bonds is 68. The van der Waals surface area contributed by atoms with Crippen LogP contribution in [0.4, 0.5) is 0 Å². The average Bonchev–Trinajstić information content (AvgIpc) is 1.66. The molecule has 0 aliphatic carbocycles. The number of ether oxygens (including phenoxy) is 2. The second-order valence-corrected chi connectivity index (χ2v) is 27.6. The highest BCUT2D eigenvalue weighted by Crippen LogP contribution is 2.27. The normalized spacial score (nSPS) is 18.2. The molecule has 1 heterocycles. The Hall–Kier alpha value is -1.16. The van der Waals surface area contributed by atoms with Gasteiger partial charge in [-0.15, -0.1) is 0 Å². The van der Waals surface area contributed by atoms with E-state index in [0.29, 0.717) is 12.8 Å². The zero-order valence-corrected chi connectivity index (χ0v) is 57.2. The molecule has 1 rings (SSSR count). The van der Waals surface area contributed by atoms with Crippen LogP contribution in [-0.2, 0) is 28.9 Å². The first kappa shape index (κ1) is 82.9. The van der Waals surface area contributed by atoms with Crippen molar-refractivity contribution in [3.8, 4) is 0 Å². The molecule has 0 aromatic rings. The van der Waals surface area contributed by atoms with E-state index in [0.717, 1.165) is 51.4 Å². The van der Waals surface area contributed by atoms with Gasteiger partial charge in [0.15, 0.2) is 6.29 Å². The largest absolute Gasteiger partial charge is 0.397 e. The SMILES string of the molecule is CCCCCCCCCCCCCCCCCCCC/C=C\CCCCCCCCCCCCCCCCCCCC(=O)NC(COC1OC(CO)C(O)C(OS(=O)(=O)O)C1O)C(O)CCCCCCCCCCCCCCCCCCCCCC. The summed E-state index contributed by atoms with van der Waals surface area (Å²) >= 11 is 0. The van der Waals surface area contributed by atoms with E-state index >= 15 is 0 Å². The quantitative estimate of drug-likeness (QED) is 0.0193. The predicted molar refractivity (Wildman–Crippen MR) is 361 cm³/mol. The molecule has 86 heavy (non-hydrogen) atoms. The molecule has 1 aliphatic rings. The van der Waals surface area contributed by atoms with E-state index in [1.54, 1.807) is 0 Å².